The molecule has 1 atom stereocenters. The van der Waals surface area contributed by atoms with Crippen LogP contribution in [-0.4, -0.2) is 29.0 Å². The van der Waals surface area contributed by atoms with Crippen molar-refractivity contribution in [3.05, 3.63) is 53.6 Å². The number of aryl methyl sites for hydroxylation is 1. The predicted molar refractivity (Wildman–Crippen MR) is 90.0 cm³/mol. The molecule has 2 aromatic rings. The molecule has 3 rings (SSSR count). The van der Waals surface area contributed by atoms with Crippen LogP contribution in [0.3, 0.4) is 0 Å². The maximum absolute atomic E-state index is 12.9. The molecule has 1 aliphatic heterocycles. The molecule has 0 saturated carbocycles. The third-order valence-corrected chi connectivity index (χ3v) is 4.24. The van der Waals surface area contributed by atoms with Gasteiger partial charge in [-0.15, -0.1) is 0 Å². The lowest BCUT2D eigenvalue weighted by Crippen LogP contribution is -2.43. The fraction of sp³-hybridized carbons (Fsp3) is 0.389. The Hall–Kier alpha value is -2.50. The molecule has 24 heavy (non-hydrogen) atoms. The van der Waals surface area contributed by atoms with Crippen LogP contribution in [-0.2, 0) is 11.3 Å². The lowest BCUT2D eigenvalue weighted by atomic mass is 9.97. The Balaban J connectivity index is 1.57. The standard InChI is InChI=1S/C18H21FN4O/c1-13-8-9-20-18(22-13)23-10-2-3-15(12-23)17(24)21-11-14-4-6-16(19)7-5-14/h4-9,15H,2-3,10-12H2,1H3,(H,21,24)/t15-/m0/s1. The van der Waals surface area contributed by atoms with E-state index in [4.69, 9.17) is 0 Å². The highest BCUT2D eigenvalue weighted by molar-refractivity contribution is 5.79. The van der Waals surface area contributed by atoms with E-state index in [9.17, 15) is 9.18 Å². The van der Waals surface area contributed by atoms with Crippen LogP contribution in [0.1, 0.15) is 24.1 Å². The summed E-state index contributed by atoms with van der Waals surface area (Å²) >= 11 is 0. The first-order valence-corrected chi connectivity index (χ1v) is 8.18. The summed E-state index contributed by atoms with van der Waals surface area (Å²) < 4.78 is 12.9. The first-order valence-electron chi connectivity index (χ1n) is 8.18. The van der Waals surface area contributed by atoms with Gasteiger partial charge < -0.3 is 10.2 Å². The zero-order valence-electron chi connectivity index (χ0n) is 13.7. The van der Waals surface area contributed by atoms with Crippen molar-refractivity contribution in [2.45, 2.75) is 26.3 Å². The zero-order valence-corrected chi connectivity index (χ0v) is 13.7. The Bertz CT molecular complexity index is 704. The van der Waals surface area contributed by atoms with Crippen molar-refractivity contribution in [1.29, 1.82) is 0 Å². The molecular formula is C18H21FN4O. The van der Waals surface area contributed by atoms with Crippen molar-refractivity contribution >= 4 is 11.9 Å². The van der Waals surface area contributed by atoms with Crippen LogP contribution in [0.2, 0.25) is 0 Å². The number of piperidine rings is 1. The van der Waals surface area contributed by atoms with Gasteiger partial charge in [-0.05, 0) is 43.5 Å². The van der Waals surface area contributed by atoms with E-state index in [1.165, 1.54) is 12.1 Å². The fourth-order valence-electron chi connectivity index (χ4n) is 2.90. The number of carbonyl (C=O) groups excluding carboxylic acids is 1. The van der Waals surface area contributed by atoms with Gasteiger partial charge in [0.15, 0.2) is 0 Å². The monoisotopic (exact) mass is 328 g/mol. The van der Waals surface area contributed by atoms with Gasteiger partial charge in [-0.1, -0.05) is 12.1 Å². The van der Waals surface area contributed by atoms with Gasteiger partial charge in [0.2, 0.25) is 11.9 Å². The number of hydrogen-bond acceptors (Lipinski definition) is 4. The van der Waals surface area contributed by atoms with Gasteiger partial charge in [0.1, 0.15) is 5.82 Å². The van der Waals surface area contributed by atoms with Crippen molar-refractivity contribution < 1.29 is 9.18 Å². The Morgan fingerprint density at radius 1 is 1.33 bits per heavy atom. The average Bonchev–Trinajstić information content (AvgIpc) is 2.61. The second kappa shape index (κ2) is 7.38. The number of halogens is 1. The third kappa shape index (κ3) is 4.07. The molecule has 2 heterocycles. The maximum Gasteiger partial charge on any atom is 0.225 e. The number of benzene rings is 1. The molecule has 5 nitrogen and oxygen atoms in total. The second-order valence-corrected chi connectivity index (χ2v) is 6.13. The molecule has 0 bridgehead atoms. The first-order chi connectivity index (χ1) is 11.6. The molecule has 0 aliphatic carbocycles. The molecule has 1 N–H and O–H groups in total. The van der Waals surface area contributed by atoms with E-state index in [-0.39, 0.29) is 17.6 Å². The number of rotatable bonds is 4. The van der Waals surface area contributed by atoms with E-state index in [1.54, 1.807) is 18.3 Å². The van der Waals surface area contributed by atoms with Crippen LogP contribution in [0.4, 0.5) is 10.3 Å². The van der Waals surface area contributed by atoms with Crippen LogP contribution in [0.15, 0.2) is 36.5 Å². The van der Waals surface area contributed by atoms with Gasteiger partial charge in [-0.25, -0.2) is 14.4 Å². The first kappa shape index (κ1) is 16.4. The molecule has 0 unspecified atom stereocenters. The Morgan fingerprint density at radius 2 is 2.12 bits per heavy atom. The summed E-state index contributed by atoms with van der Waals surface area (Å²) in [5, 5.41) is 2.94. The van der Waals surface area contributed by atoms with E-state index < -0.39 is 0 Å². The summed E-state index contributed by atoms with van der Waals surface area (Å²) in [6.45, 7) is 3.84. The summed E-state index contributed by atoms with van der Waals surface area (Å²) in [5.74, 6) is 0.358. The average molecular weight is 328 g/mol. The van der Waals surface area contributed by atoms with Crippen molar-refractivity contribution in [3.8, 4) is 0 Å². The molecule has 1 aromatic carbocycles. The number of anilines is 1. The normalized spacial score (nSPS) is 17.6. The topological polar surface area (TPSA) is 58.1 Å². The van der Waals surface area contributed by atoms with Crippen LogP contribution in [0.25, 0.3) is 0 Å². The fourth-order valence-corrected chi connectivity index (χ4v) is 2.90. The second-order valence-electron chi connectivity index (χ2n) is 6.13. The minimum Gasteiger partial charge on any atom is -0.352 e. The molecular weight excluding hydrogens is 307 g/mol. The lowest BCUT2D eigenvalue weighted by Gasteiger charge is -2.32. The number of nitrogens with one attached hydrogen (secondary N) is 1. The number of aromatic nitrogens is 2. The Labute approximate surface area is 140 Å². The number of carbonyl (C=O) groups is 1. The minimum absolute atomic E-state index is 0.0247. The number of amides is 1. The highest BCUT2D eigenvalue weighted by Crippen LogP contribution is 2.20. The lowest BCUT2D eigenvalue weighted by molar-refractivity contribution is -0.125. The molecule has 6 heteroatoms. The molecule has 126 valence electrons. The van der Waals surface area contributed by atoms with E-state index in [0.717, 1.165) is 30.6 Å². The molecule has 0 radical (unpaired) electrons. The molecule has 1 aliphatic rings. The Kier molecular flexibility index (Phi) is 5.03. The van der Waals surface area contributed by atoms with Crippen molar-refractivity contribution in [2.75, 3.05) is 18.0 Å². The van der Waals surface area contributed by atoms with E-state index in [1.807, 2.05) is 13.0 Å². The molecule has 1 fully saturated rings. The van der Waals surface area contributed by atoms with Crippen LogP contribution in [0, 0.1) is 18.7 Å². The predicted octanol–water partition coefficient (Wildman–Crippen LogP) is 2.46. The van der Waals surface area contributed by atoms with Crippen molar-refractivity contribution in [1.82, 2.24) is 15.3 Å². The van der Waals surface area contributed by atoms with Crippen LogP contribution in [0.5, 0.6) is 0 Å². The Morgan fingerprint density at radius 3 is 2.88 bits per heavy atom. The van der Waals surface area contributed by atoms with Crippen LogP contribution < -0.4 is 10.2 Å². The van der Waals surface area contributed by atoms with Gasteiger partial charge in [-0.2, -0.15) is 0 Å². The van der Waals surface area contributed by atoms with E-state index in [0.29, 0.717) is 19.0 Å². The van der Waals surface area contributed by atoms with Gasteiger partial charge in [0.05, 0.1) is 5.92 Å². The van der Waals surface area contributed by atoms with E-state index >= 15 is 0 Å². The third-order valence-electron chi connectivity index (χ3n) is 4.24. The summed E-state index contributed by atoms with van der Waals surface area (Å²) in [6.07, 6.45) is 3.54. The summed E-state index contributed by atoms with van der Waals surface area (Å²) in [7, 11) is 0. The van der Waals surface area contributed by atoms with Gasteiger partial charge in [-0.3, -0.25) is 4.79 Å². The number of nitrogens with zero attached hydrogens (tertiary/aromatic N) is 3. The quantitative estimate of drug-likeness (QED) is 0.937. The summed E-state index contributed by atoms with van der Waals surface area (Å²) in [5.41, 5.74) is 1.81. The van der Waals surface area contributed by atoms with Gasteiger partial charge in [0, 0.05) is 31.5 Å². The van der Waals surface area contributed by atoms with Crippen molar-refractivity contribution in [3.63, 3.8) is 0 Å². The summed E-state index contributed by atoms with van der Waals surface area (Å²) in [4.78, 5) is 23.2. The molecule has 1 aromatic heterocycles. The minimum atomic E-state index is -0.272. The highest BCUT2D eigenvalue weighted by atomic mass is 19.1. The van der Waals surface area contributed by atoms with Gasteiger partial charge >= 0.3 is 0 Å². The SMILES string of the molecule is Cc1ccnc(N2CCC[C@H](C(=O)NCc3ccc(F)cc3)C2)n1. The van der Waals surface area contributed by atoms with Gasteiger partial charge in [0.25, 0.3) is 0 Å². The summed E-state index contributed by atoms with van der Waals surface area (Å²) in [6, 6.07) is 8.03. The number of hydrogen-bond donors (Lipinski definition) is 1. The molecule has 0 spiro atoms. The van der Waals surface area contributed by atoms with Crippen molar-refractivity contribution in [2.24, 2.45) is 5.92 Å². The molecule has 1 saturated heterocycles. The van der Waals surface area contributed by atoms with Crippen LogP contribution >= 0.6 is 0 Å². The zero-order chi connectivity index (χ0) is 16.9. The molecule has 1 amide bonds. The van der Waals surface area contributed by atoms with E-state index in [2.05, 4.69) is 20.2 Å². The largest absolute Gasteiger partial charge is 0.352 e. The highest BCUT2D eigenvalue weighted by Gasteiger charge is 2.26. The smallest absolute Gasteiger partial charge is 0.225 e. The maximum atomic E-state index is 12.9.